The number of aromatic hydroxyl groups is 1. The van der Waals surface area contributed by atoms with Crippen molar-refractivity contribution in [1.29, 1.82) is 0 Å². The molecule has 4 N–H and O–H groups in total. The van der Waals surface area contributed by atoms with Crippen molar-refractivity contribution in [3.8, 4) is 11.5 Å². The largest absolute Gasteiger partial charge is 0.506 e. The zero-order chi connectivity index (χ0) is 20.6. The number of hydrogen-bond acceptors (Lipinski definition) is 4. The summed E-state index contributed by atoms with van der Waals surface area (Å²) in [5, 5.41) is 15.1. The van der Waals surface area contributed by atoms with E-state index in [1.54, 1.807) is 18.2 Å². The van der Waals surface area contributed by atoms with Crippen molar-refractivity contribution in [3.05, 3.63) is 65.2 Å². The van der Waals surface area contributed by atoms with E-state index in [-0.39, 0.29) is 11.7 Å². The van der Waals surface area contributed by atoms with Crippen LogP contribution in [0.3, 0.4) is 0 Å². The number of amides is 1. The van der Waals surface area contributed by atoms with Gasteiger partial charge >= 0.3 is 0 Å². The minimum Gasteiger partial charge on any atom is -0.506 e. The molecule has 0 radical (unpaired) electrons. The number of anilines is 1. The van der Waals surface area contributed by atoms with Crippen LogP contribution in [0.15, 0.2) is 54.6 Å². The van der Waals surface area contributed by atoms with Crippen LogP contribution < -0.4 is 15.8 Å². The van der Waals surface area contributed by atoms with Gasteiger partial charge in [-0.3, -0.25) is 4.79 Å². The van der Waals surface area contributed by atoms with Crippen molar-refractivity contribution < 1.29 is 14.6 Å². The number of hydrogen-bond donors (Lipinski definition) is 3. The highest BCUT2D eigenvalue weighted by Crippen LogP contribution is 2.30. The molecule has 6 heteroatoms. The van der Waals surface area contributed by atoms with E-state index in [0.29, 0.717) is 35.2 Å². The number of fused-ring (bicyclic) bond motifs is 1. The molecule has 0 aliphatic carbocycles. The van der Waals surface area contributed by atoms with Crippen molar-refractivity contribution in [2.24, 2.45) is 5.73 Å². The molecular formula is C23H25ClN2O3. The van der Waals surface area contributed by atoms with Crippen LogP contribution in [0.2, 0.25) is 5.02 Å². The summed E-state index contributed by atoms with van der Waals surface area (Å²) in [5.74, 6) is 0.0778. The predicted octanol–water partition coefficient (Wildman–Crippen LogP) is 5.35. The molecule has 0 aliphatic rings. The predicted molar refractivity (Wildman–Crippen MR) is 118 cm³/mol. The van der Waals surface area contributed by atoms with Crippen LogP contribution in [-0.4, -0.2) is 24.2 Å². The molecule has 152 valence electrons. The molecule has 0 heterocycles. The molecule has 3 aromatic carbocycles. The summed E-state index contributed by atoms with van der Waals surface area (Å²) in [4.78, 5) is 12.9. The van der Waals surface area contributed by atoms with Gasteiger partial charge in [0, 0.05) is 11.1 Å². The average Bonchev–Trinajstić information content (AvgIpc) is 2.72. The summed E-state index contributed by atoms with van der Waals surface area (Å²) in [6, 6.07) is 16.0. The highest BCUT2D eigenvalue weighted by atomic mass is 35.5. The van der Waals surface area contributed by atoms with Gasteiger partial charge in [0.2, 0.25) is 0 Å². The van der Waals surface area contributed by atoms with Crippen molar-refractivity contribution in [3.63, 3.8) is 0 Å². The molecule has 0 bridgehead atoms. The summed E-state index contributed by atoms with van der Waals surface area (Å²) in [7, 11) is 0. The highest BCUT2D eigenvalue weighted by molar-refractivity contribution is 6.30. The summed E-state index contributed by atoms with van der Waals surface area (Å²) in [6.07, 6.45) is 4.01. The normalized spacial score (nSPS) is 10.8. The molecule has 0 spiro atoms. The van der Waals surface area contributed by atoms with E-state index in [9.17, 15) is 9.90 Å². The fourth-order valence-corrected chi connectivity index (χ4v) is 3.26. The van der Waals surface area contributed by atoms with Crippen LogP contribution in [0.1, 0.15) is 36.0 Å². The van der Waals surface area contributed by atoms with Gasteiger partial charge in [0.25, 0.3) is 5.91 Å². The first-order valence-corrected chi connectivity index (χ1v) is 10.1. The molecule has 5 nitrogen and oxygen atoms in total. The Kier molecular flexibility index (Phi) is 7.33. The number of rotatable bonds is 9. The Bertz CT molecular complexity index is 991. The quantitative estimate of drug-likeness (QED) is 0.326. The number of phenolic OH excluding ortho intramolecular Hbond substituents is 1. The van der Waals surface area contributed by atoms with Gasteiger partial charge in [0.05, 0.1) is 17.9 Å². The molecular weight excluding hydrogens is 388 g/mol. The van der Waals surface area contributed by atoms with E-state index < -0.39 is 0 Å². The van der Waals surface area contributed by atoms with Crippen LogP contribution in [-0.2, 0) is 0 Å². The first-order chi connectivity index (χ1) is 14.1. The standard InChI is InChI=1S/C23H25ClN2O3/c24-18-9-10-20(21(27)15-18)26-23(28)19-13-16-7-3-4-8-17(16)14-22(19)29-12-6-2-1-5-11-25/h3-4,7-10,13-15,27H,1-2,5-6,11-12,25H2,(H,26,28). The average molecular weight is 413 g/mol. The van der Waals surface area contributed by atoms with Crippen LogP contribution in [0, 0.1) is 0 Å². The second-order valence-electron chi connectivity index (χ2n) is 6.86. The minimum absolute atomic E-state index is 0.0889. The molecule has 0 saturated heterocycles. The monoisotopic (exact) mass is 412 g/mol. The lowest BCUT2D eigenvalue weighted by atomic mass is 10.0. The zero-order valence-electron chi connectivity index (χ0n) is 16.2. The molecule has 0 saturated carbocycles. The number of phenols is 1. The van der Waals surface area contributed by atoms with E-state index in [1.807, 2.05) is 30.3 Å². The van der Waals surface area contributed by atoms with Crippen LogP contribution in [0.25, 0.3) is 10.8 Å². The Morgan fingerprint density at radius 1 is 1.00 bits per heavy atom. The Morgan fingerprint density at radius 2 is 1.72 bits per heavy atom. The van der Waals surface area contributed by atoms with Gasteiger partial charge in [-0.25, -0.2) is 0 Å². The van der Waals surface area contributed by atoms with Crippen molar-refractivity contribution >= 4 is 34.0 Å². The Morgan fingerprint density at radius 3 is 2.45 bits per heavy atom. The number of nitrogens with one attached hydrogen (secondary N) is 1. The van der Waals surface area contributed by atoms with E-state index in [2.05, 4.69) is 5.32 Å². The third-order valence-corrected chi connectivity index (χ3v) is 4.89. The molecule has 0 aliphatic heterocycles. The topological polar surface area (TPSA) is 84.6 Å². The molecule has 3 aromatic rings. The molecule has 0 fully saturated rings. The molecule has 0 aromatic heterocycles. The smallest absolute Gasteiger partial charge is 0.259 e. The Balaban J connectivity index is 1.80. The van der Waals surface area contributed by atoms with Gasteiger partial charge in [-0.15, -0.1) is 0 Å². The van der Waals surface area contributed by atoms with Gasteiger partial charge in [-0.05, 0) is 54.4 Å². The molecule has 29 heavy (non-hydrogen) atoms. The first kappa shape index (κ1) is 21.0. The van der Waals surface area contributed by atoms with Crippen molar-refractivity contribution in [1.82, 2.24) is 0 Å². The number of carbonyl (C=O) groups excluding carboxylic acids is 1. The maximum atomic E-state index is 12.9. The van der Waals surface area contributed by atoms with Gasteiger partial charge < -0.3 is 20.9 Å². The molecule has 1 amide bonds. The number of unbranched alkanes of at least 4 members (excludes halogenated alkanes) is 3. The third-order valence-electron chi connectivity index (χ3n) is 4.66. The summed E-state index contributed by atoms with van der Waals surface area (Å²) >= 11 is 5.86. The first-order valence-electron chi connectivity index (χ1n) is 9.74. The summed E-state index contributed by atoms with van der Waals surface area (Å²) < 4.78 is 5.96. The summed E-state index contributed by atoms with van der Waals surface area (Å²) in [6.45, 7) is 1.22. The fourth-order valence-electron chi connectivity index (χ4n) is 3.10. The summed E-state index contributed by atoms with van der Waals surface area (Å²) in [5.41, 5.74) is 6.23. The highest BCUT2D eigenvalue weighted by Gasteiger charge is 2.16. The van der Waals surface area contributed by atoms with Crippen LogP contribution in [0.4, 0.5) is 5.69 Å². The van der Waals surface area contributed by atoms with E-state index in [0.717, 1.165) is 36.5 Å². The number of halogens is 1. The lowest BCUT2D eigenvalue weighted by Crippen LogP contribution is -2.14. The Hall–Kier alpha value is -2.76. The number of ether oxygens (including phenoxy) is 1. The van der Waals surface area contributed by atoms with Crippen molar-refractivity contribution in [2.75, 3.05) is 18.5 Å². The van der Waals surface area contributed by atoms with Crippen molar-refractivity contribution in [2.45, 2.75) is 25.7 Å². The van der Waals surface area contributed by atoms with Gasteiger partial charge in [-0.2, -0.15) is 0 Å². The molecule has 0 unspecified atom stereocenters. The second kappa shape index (κ2) is 10.1. The second-order valence-corrected chi connectivity index (χ2v) is 7.30. The van der Waals surface area contributed by atoms with Gasteiger partial charge in [-0.1, -0.05) is 48.7 Å². The van der Waals surface area contributed by atoms with Crippen LogP contribution >= 0.6 is 11.6 Å². The van der Waals surface area contributed by atoms with E-state index >= 15 is 0 Å². The molecule has 0 atom stereocenters. The maximum absolute atomic E-state index is 12.9. The minimum atomic E-state index is -0.355. The number of benzene rings is 3. The van der Waals surface area contributed by atoms with Crippen LogP contribution in [0.5, 0.6) is 11.5 Å². The van der Waals surface area contributed by atoms with Gasteiger partial charge in [0.15, 0.2) is 0 Å². The van der Waals surface area contributed by atoms with Gasteiger partial charge in [0.1, 0.15) is 11.5 Å². The van der Waals surface area contributed by atoms with E-state index in [4.69, 9.17) is 22.1 Å². The third kappa shape index (κ3) is 5.62. The molecule has 3 rings (SSSR count). The SMILES string of the molecule is NCCCCCCOc1cc2ccccc2cc1C(=O)Nc1ccc(Cl)cc1O. The fraction of sp³-hybridized carbons (Fsp3) is 0.261. The zero-order valence-corrected chi connectivity index (χ0v) is 16.9. The Labute approximate surface area is 175 Å². The maximum Gasteiger partial charge on any atom is 0.259 e. The lowest BCUT2D eigenvalue weighted by molar-refractivity contribution is 0.102. The van der Waals surface area contributed by atoms with E-state index in [1.165, 1.54) is 6.07 Å². The lowest BCUT2D eigenvalue weighted by Gasteiger charge is -2.14. The number of nitrogens with two attached hydrogens (primary N) is 1. The number of carbonyl (C=O) groups is 1.